The van der Waals surface area contributed by atoms with Crippen molar-refractivity contribution in [3.05, 3.63) is 266 Å². The summed E-state index contributed by atoms with van der Waals surface area (Å²) in [5, 5.41) is 4.64. The van der Waals surface area contributed by atoms with E-state index in [2.05, 4.69) is 292 Å². The summed E-state index contributed by atoms with van der Waals surface area (Å²) in [6, 6.07) is 87.7. The normalized spacial score (nSPS) is 12.6. The Hall–Kier alpha value is -8.96. The van der Waals surface area contributed by atoms with Crippen LogP contribution in [0, 0.1) is 25.7 Å². The number of aromatic nitrogens is 3. The molecule has 14 rings (SSSR count). The van der Waals surface area contributed by atoms with E-state index in [4.69, 9.17) is 9.72 Å². The first-order valence-corrected chi connectivity index (χ1v) is 27.9. The van der Waals surface area contributed by atoms with Gasteiger partial charge in [0.15, 0.2) is 0 Å². The molecule has 1 aliphatic rings. The fraction of sp³-hybridized carbons (Fsp3) is 0.120. The maximum atomic E-state index is 6.86. The van der Waals surface area contributed by atoms with Gasteiger partial charge in [0.25, 0.3) is 0 Å². The van der Waals surface area contributed by atoms with Crippen molar-refractivity contribution >= 4 is 66.4 Å². The molecule has 10 aromatic carbocycles. The zero-order chi connectivity index (χ0) is 55.1. The van der Waals surface area contributed by atoms with Gasteiger partial charge in [-0.15, -0.1) is 48.1 Å². The van der Waals surface area contributed by atoms with Crippen LogP contribution in [0.4, 0.5) is 22.7 Å². The number of fused-ring (bicyclic) bond motifs is 7. The molecular weight excluding hydrogens is 1180 g/mol. The van der Waals surface area contributed by atoms with E-state index in [9.17, 15) is 0 Å². The zero-order valence-corrected chi connectivity index (χ0v) is 49.2. The smallest absolute Gasteiger partial charge is 0.135 e. The maximum Gasteiger partial charge on any atom is 0.135 e. The van der Waals surface area contributed by atoms with Crippen LogP contribution >= 0.6 is 0 Å². The van der Waals surface area contributed by atoms with E-state index in [0.717, 1.165) is 95.0 Å². The molecule has 3 aromatic heterocycles. The Labute approximate surface area is 494 Å². The Balaban J connectivity index is 0.00000631. The number of para-hydroxylation sites is 3. The molecule has 4 heterocycles. The zero-order valence-electron chi connectivity index (χ0n) is 47.0. The SMILES string of the molecule is Cc1cc(-n2c3[c-]c(Oc4[c-]c(N5[CH-]N(c6cc(C(C)(C)C)cc(C(C)(C)C)c6)c6c(-c7ccccc7)cccc65)ccc4)ccc3c3cc(-c4ccccc4)ccc32)ncc1-c1cccc(-n2c3ccccc3c3ccccc32)c1.[Pt]. The number of pyridine rings is 1. The van der Waals surface area contributed by atoms with Gasteiger partial charge in [0, 0.05) is 88.9 Å². The second kappa shape index (κ2) is 20.5. The minimum atomic E-state index is -0.0555. The minimum Gasteiger partial charge on any atom is -0.509 e. The van der Waals surface area contributed by atoms with Crippen molar-refractivity contribution in [2.45, 2.75) is 59.3 Å². The predicted octanol–water partition coefficient (Wildman–Crippen LogP) is 20.0. The number of hydrogen-bond donors (Lipinski definition) is 0. The average molecular weight is 1240 g/mol. The number of benzene rings is 10. The molecule has 0 saturated heterocycles. The topological polar surface area (TPSA) is 38.5 Å². The Morgan fingerprint density at radius 2 is 1.06 bits per heavy atom. The van der Waals surface area contributed by atoms with E-state index in [-0.39, 0.29) is 31.9 Å². The van der Waals surface area contributed by atoms with E-state index in [1.54, 1.807) is 0 Å². The largest absolute Gasteiger partial charge is 0.509 e. The van der Waals surface area contributed by atoms with Crippen LogP contribution in [0.1, 0.15) is 58.2 Å². The molecule has 1 aliphatic heterocycles. The van der Waals surface area contributed by atoms with Crippen molar-refractivity contribution in [2.24, 2.45) is 0 Å². The number of ether oxygens (including phenoxy) is 1. The summed E-state index contributed by atoms with van der Waals surface area (Å²) in [5.41, 5.74) is 19.9. The molecule has 0 saturated carbocycles. The van der Waals surface area contributed by atoms with Crippen LogP contribution in [0.5, 0.6) is 11.5 Å². The monoisotopic (exact) mass is 1240 g/mol. The standard InChI is InChI=1S/C75H60N5O.Pt/c1-49-39-72(76-47-66(49)53-25-18-27-57(40-53)79-67-32-16-14-29-62(67)63-30-15-17-33-68(63)79)80-69-38-35-52(50-21-10-8-11-22-50)41-65(69)64-37-36-60(46-71(64)80)81-59-28-19-26-56(45-59)77-48-78(58-43-54(74(2,3)4)42-55(44-58)75(5,6)7)73-61(31-20-34-70(73)77)51-23-12-9-13-24-51;/h8-44,47-48H,1-7H3;/q-3;. The molecule has 0 N–H and O–H groups in total. The van der Waals surface area contributed by atoms with Crippen molar-refractivity contribution in [2.75, 3.05) is 9.80 Å². The Kier molecular flexibility index (Phi) is 13.1. The van der Waals surface area contributed by atoms with Gasteiger partial charge in [-0.3, -0.25) is 0 Å². The van der Waals surface area contributed by atoms with E-state index in [0.29, 0.717) is 11.5 Å². The van der Waals surface area contributed by atoms with Crippen LogP contribution in [-0.2, 0) is 31.9 Å². The molecular formula is C75H60N5OPt-3. The van der Waals surface area contributed by atoms with Gasteiger partial charge >= 0.3 is 0 Å². The summed E-state index contributed by atoms with van der Waals surface area (Å²) >= 11 is 0. The van der Waals surface area contributed by atoms with Crippen LogP contribution in [0.25, 0.3) is 88.5 Å². The number of hydrogen-bond acceptors (Lipinski definition) is 4. The summed E-state index contributed by atoms with van der Waals surface area (Å²) in [7, 11) is 0. The van der Waals surface area contributed by atoms with Crippen molar-refractivity contribution in [1.82, 2.24) is 14.1 Å². The average Bonchev–Trinajstić information content (AvgIpc) is 3.31. The fourth-order valence-corrected chi connectivity index (χ4v) is 11.8. The molecule has 0 spiro atoms. The van der Waals surface area contributed by atoms with Crippen LogP contribution in [0.2, 0.25) is 0 Å². The van der Waals surface area contributed by atoms with E-state index < -0.39 is 0 Å². The quantitative estimate of drug-likeness (QED) is 0.135. The summed E-state index contributed by atoms with van der Waals surface area (Å²) in [6.45, 7) is 18.2. The molecule has 0 unspecified atom stereocenters. The summed E-state index contributed by atoms with van der Waals surface area (Å²) < 4.78 is 11.5. The van der Waals surface area contributed by atoms with E-state index >= 15 is 0 Å². The minimum absolute atomic E-state index is 0. The molecule has 0 aliphatic carbocycles. The van der Waals surface area contributed by atoms with Crippen LogP contribution < -0.4 is 14.5 Å². The number of anilines is 4. The third-order valence-electron chi connectivity index (χ3n) is 16.1. The molecule has 0 amide bonds. The first kappa shape index (κ1) is 52.4. The molecule has 6 nitrogen and oxygen atoms in total. The van der Waals surface area contributed by atoms with Gasteiger partial charge in [-0.05, 0) is 117 Å². The van der Waals surface area contributed by atoms with Crippen molar-refractivity contribution in [3.8, 4) is 56.4 Å². The molecule has 0 bridgehead atoms. The van der Waals surface area contributed by atoms with Gasteiger partial charge in [0.05, 0.1) is 11.0 Å². The van der Waals surface area contributed by atoms with Gasteiger partial charge in [-0.2, -0.15) is 12.1 Å². The first-order chi connectivity index (χ1) is 39.3. The van der Waals surface area contributed by atoms with Crippen LogP contribution in [0.3, 0.4) is 0 Å². The Bertz CT molecular complexity index is 4500. The summed E-state index contributed by atoms with van der Waals surface area (Å²) in [6.07, 6.45) is 2.02. The first-order valence-electron chi connectivity index (χ1n) is 27.9. The van der Waals surface area contributed by atoms with Gasteiger partial charge in [-0.25, -0.2) is 4.98 Å². The molecule has 404 valence electrons. The summed E-state index contributed by atoms with van der Waals surface area (Å²) in [4.78, 5) is 9.88. The molecule has 13 aromatic rings. The second-order valence-corrected chi connectivity index (χ2v) is 23.5. The van der Waals surface area contributed by atoms with Gasteiger partial charge < -0.3 is 23.7 Å². The molecule has 0 fully saturated rings. The van der Waals surface area contributed by atoms with Crippen LogP contribution in [-0.4, -0.2) is 14.1 Å². The Morgan fingerprint density at radius 3 is 1.76 bits per heavy atom. The Morgan fingerprint density at radius 1 is 0.439 bits per heavy atom. The predicted molar refractivity (Wildman–Crippen MR) is 337 cm³/mol. The molecule has 0 radical (unpaired) electrons. The maximum absolute atomic E-state index is 6.86. The molecule has 82 heavy (non-hydrogen) atoms. The molecule has 7 heteroatoms. The van der Waals surface area contributed by atoms with Gasteiger partial charge in [0.2, 0.25) is 0 Å². The van der Waals surface area contributed by atoms with E-state index in [1.165, 1.54) is 32.9 Å². The van der Waals surface area contributed by atoms with Gasteiger partial charge in [-0.1, -0.05) is 187 Å². The van der Waals surface area contributed by atoms with Gasteiger partial charge in [0.1, 0.15) is 5.82 Å². The fourth-order valence-electron chi connectivity index (χ4n) is 11.8. The van der Waals surface area contributed by atoms with Crippen molar-refractivity contribution in [1.29, 1.82) is 0 Å². The second-order valence-electron chi connectivity index (χ2n) is 23.5. The third-order valence-corrected chi connectivity index (χ3v) is 16.1. The number of rotatable bonds is 9. The third kappa shape index (κ3) is 9.26. The number of aryl methyl sites for hydroxylation is 1. The number of nitrogens with zero attached hydrogens (tertiary/aromatic N) is 5. The van der Waals surface area contributed by atoms with Crippen molar-refractivity contribution < 1.29 is 25.8 Å². The molecule has 0 atom stereocenters. The van der Waals surface area contributed by atoms with E-state index in [1.807, 2.05) is 24.4 Å². The van der Waals surface area contributed by atoms with Crippen LogP contribution in [0.15, 0.2) is 231 Å². The van der Waals surface area contributed by atoms with Crippen molar-refractivity contribution in [3.63, 3.8) is 0 Å². The summed E-state index contributed by atoms with van der Waals surface area (Å²) in [5.74, 6) is 1.96.